The van der Waals surface area contributed by atoms with Crippen molar-refractivity contribution in [2.24, 2.45) is 0 Å². The van der Waals surface area contributed by atoms with Crippen LogP contribution in [0.5, 0.6) is 0 Å². The smallest absolute Gasteiger partial charge is 0.237 e. The first-order valence-corrected chi connectivity index (χ1v) is 12.0. The van der Waals surface area contributed by atoms with Crippen molar-refractivity contribution in [3.63, 3.8) is 0 Å². The topological polar surface area (TPSA) is 92.3 Å². The summed E-state index contributed by atoms with van der Waals surface area (Å²) in [5.41, 5.74) is 3.20. The van der Waals surface area contributed by atoms with E-state index in [0.29, 0.717) is 5.69 Å². The number of fused-ring (bicyclic) bond motifs is 1. The zero-order valence-electron chi connectivity index (χ0n) is 16.6. The van der Waals surface area contributed by atoms with Crippen LogP contribution in [-0.4, -0.2) is 31.2 Å². The molecule has 0 bridgehead atoms. The van der Waals surface area contributed by atoms with Crippen LogP contribution in [0.2, 0.25) is 0 Å². The third-order valence-corrected chi connectivity index (χ3v) is 7.73. The first-order chi connectivity index (χ1) is 13.7. The molecular formula is C21H24N2O4S2. The molecule has 2 aromatic rings. The lowest BCUT2D eigenvalue weighted by molar-refractivity contribution is -0.116. The maximum Gasteiger partial charge on any atom is 0.237 e. The van der Waals surface area contributed by atoms with Crippen molar-refractivity contribution < 1.29 is 18.0 Å². The number of rotatable bonds is 6. The molecule has 154 valence electrons. The van der Waals surface area contributed by atoms with Gasteiger partial charge in [-0.1, -0.05) is 25.1 Å². The summed E-state index contributed by atoms with van der Waals surface area (Å²) in [7, 11) is -3.66. The minimum Gasteiger partial charge on any atom is -0.326 e. The molecular weight excluding hydrogens is 408 g/mol. The van der Waals surface area contributed by atoms with E-state index in [1.165, 1.54) is 23.9 Å². The van der Waals surface area contributed by atoms with Crippen molar-refractivity contribution in [1.29, 1.82) is 0 Å². The van der Waals surface area contributed by atoms with E-state index in [1.54, 1.807) is 13.0 Å². The Morgan fingerprint density at radius 3 is 2.72 bits per heavy atom. The molecule has 1 aliphatic rings. The summed E-state index contributed by atoms with van der Waals surface area (Å²) >= 11 is 1.39. The monoisotopic (exact) mass is 432 g/mol. The molecule has 6 nitrogen and oxygen atoms in total. The van der Waals surface area contributed by atoms with Crippen LogP contribution in [0.3, 0.4) is 0 Å². The van der Waals surface area contributed by atoms with E-state index in [4.69, 9.17) is 0 Å². The van der Waals surface area contributed by atoms with Gasteiger partial charge in [-0.05, 0) is 49.6 Å². The quantitative estimate of drug-likeness (QED) is 0.724. The third kappa shape index (κ3) is 4.82. The minimum atomic E-state index is -3.66. The standard InChI is InChI=1S/C21H24N2O4S2/c1-4-15-7-5-6-13(2)20(15)23-19(24)10-11-29(26,27)16-8-9-18-17(12-16)22-21(25)14(3)28-18/h5-9,12,14H,4,10-11H2,1-3H3,(H,22,25)(H,23,24). The molecule has 29 heavy (non-hydrogen) atoms. The van der Waals surface area contributed by atoms with Gasteiger partial charge in [0.15, 0.2) is 9.84 Å². The van der Waals surface area contributed by atoms with Crippen LogP contribution >= 0.6 is 11.8 Å². The van der Waals surface area contributed by atoms with Crippen LogP contribution in [-0.2, 0) is 25.8 Å². The van der Waals surface area contributed by atoms with Crippen LogP contribution in [0.1, 0.15) is 31.4 Å². The predicted octanol–water partition coefficient (Wildman–Crippen LogP) is 3.79. The second kappa shape index (κ2) is 8.59. The summed E-state index contributed by atoms with van der Waals surface area (Å²) in [6.45, 7) is 5.71. The van der Waals surface area contributed by atoms with E-state index in [-0.39, 0.29) is 34.1 Å². The normalized spacial score (nSPS) is 16.1. The molecule has 8 heteroatoms. The van der Waals surface area contributed by atoms with Gasteiger partial charge >= 0.3 is 0 Å². The van der Waals surface area contributed by atoms with Gasteiger partial charge in [0.2, 0.25) is 11.8 Å². The number of anilines is 2. The average molecular weight is 433 g/mol. The average Bonchev–Trinajstić information content (AvgIpc) is 2.68. The highest BCUT2D eigenvalue weighted by Crippen LogP contribution is 2.37. The van der Waals surface area contributed by atoms with Crippen LogP contribution in [0.25, 0.3) is 0 Å². The Bertz CT molecular complexity index is 1060. The second-order valence-electron chi connectivity index (χ2n) is 6.99. The molecule has 0 saturated carbocycles. The van der Waals surface area contributed by atoms with Crippen LogP contribution < -0.4 is 10.6 Å². The molecule has 1 atom stereocenters. The molecule has 1 aliphatic heterocycles. The lowest BCUT2D eigenvalue weighted by Crippen LogP contribution is -2.26. The van der Waals surface area contributed by atoms with Crippen LogP contribution in [0, 0.1) is 6.92 Å². The molecule has 2 amide bonds. The van der Waals surface area contributed by atoms with E-state index in [2.05, 4.69) is 10.6 Å². The van der Waals surface area contributed by atoms with Crippen LogP contribution in [0.4, 0.5) is 11.4 Å². The van der Waals surface area contributed by atoms with E-state index >= 15 is 0 Å². The van der Waals surface area contributed by atoms with Crippen molar-refractivity contribution in [3.05, 3.63) is 47.5 Å². The summed E-state index contributed by atoms with van der Waals surface area (Å²) < 4.78 is 25.4. The number of aryl methyl sites for hydroxylation is 2. The summed E-state index contributed by atoms with van der Waals surface area (Å²) in [6.07, 6.45) is 0.627. The molecule has 0 saturated heterocycles. The summed E-state index contributed by atoms with van der Waals surface area (Å²) in [4.78, 5) is 25.2. The van der Waals surface area contributed by atoms with Gasteiger partial charge in [0.1, 0.15) is 0 Å². The molecule has 0 radical (unpaired) electrons. The molecule has 3 rings (SSSR count). The summed E-state index contributed by atoms with van der Waals surface area (Å²) in [6, 6.07) is 10.5. The van der Waals surface area contributed by atoms with Gasteiger partial charge in [0, 0.05) is 17.0 Å². The van der Waals surface area contributed by atoms with Crippen molar-refractivity contribution in [2.75, 3.05) is 16.4 Å². The highest BCUT2D eigenvalue weighted by atomic mass is 32.2. The number of hydrogen-bond donors (Lipinski definition) is 2. The first kappa shape index (κ1) is 21.4. The van der Waals surface area contributed by atoms with Gasteiger partial charge in [-0.15, -0.1) is 11.8 Å². The fraction of sp³-hybridized carbons (Fsp3) is 0.333. The molecule has 1 unspecified atom stereocenters. The molecule has 0 aromatic heterocycles. The number of carbonyl (C=O) groups is 2. The summed E-state index contributed by atoms with van der Waals surface area (Å²) in [5.74, 6) is -0.794. The Morgan fingerprint density at radius 2 is 2.00 bits per heavy atom. The number of hydrogen-bond acceptors (Lipinski definition) is 5. The molecule has 2 N–H and O–H groups in total. The number of para-hydroxylation sites is 1. The lowest BCUT2D eigenvalue weighted by Gasteiger charge is -2.21. The number of nitrogens with one attached hydrogen (secondary N) is 2. The number of benzene rings is 2. The second-order valence-corrected chi connectivity index (χ2v) is 10.5. The van der Waals surface area contributed by atoms with E-state index in [9.17, 15) is 18.0 Å². The van der Waals surface area contributed by atoms with Gasteiger partial charge in [-0.25, -0.2) is 8.42 Å². The van der Waals surface area contributed by atoms with E-state index in [0.717, 1.165) is 28.1 Å². The molecule has 0 fully saturated rings. The highest BCUT2D eigenvalue weighted by molar-refractivity contribution is 8.01. The number of thioether (sulfide) groups is 1. The van der Waals surface area contributed by atoms with Gasteiger partial charge in [-0.3, -0.25) is 9.59 Å². The maximum atomic E-state index is 12.7. The predicted molar refractivity (Wildman–Crippen MR) is 116 cm³/mol. The van der Waals surface area contributed by atoms with Crippen molar-refractivity contribution >= 4 is 44.8 Å². The lowest BCUT2D eigenvalue weighted by atomic mass is 10.1. The van der Waals surface area contributed by atoms with E-state index < -0.39 is 9.84 Å². The van der Waals surface area contributed by atoms with Gasteiger partial charge in [0.05, 0.1) is 21.6 Å². The molecule has 0 spiro atoms. The van der Waals surface area contributed by atoms with Crippen molar-refractivity contribution in [3.8, 4) is 0 Å². The van der Waals surface area contributed by atoms with E-state index in [1.807, 2.05) is 32.0 Å². The van der Waals surface area contributed by atoms with Gasteiger partial charge in [-0.2, -0.15) is 0 Å². The third-order valence-electron chi connectivity index (χ3n) is 4.84. The molecule has 1 heterocycles. The zero-order chi connectivity index (χ0) is 21.2. The van der Waals surface area contributed by atoms with Crippen molar-refractivity contribution in [1.82, 2.24) is 0 Å². The fourth-order valence-electron chi connectivity index (χ4n) is 3.13. The Kier molecular flexibility index (Phi) is 6.33. The number of amides is 2. The first-order valence-electron chi connectivity index (χ1n) is 9.44. The van der Waals surface area contributed by atoms with Crippen LogP contribution in [0.15, 0.2) is 46.2 Å². The Morgan fingerprint density at radius 1 is 1.24 bits per heavy atom. The fourth-order valence-corrected chi connectivity index (χ4v) is 5.32. The minimum absolute atomic E-state index is 0.102. The maximum absolute atomic E-state index is 12.7. The SMILES string of the molecule is CCc1cccc(C)c1NC(=O)CCS(=O)(=O)c1ccc2c(c1)NC(=O)C(C)S2. The number of carbonyl (C=O) groups excluding carboxylic acids is 2. The zero-order valence-corrected chi connectivity index (χ0v) is 18.2. The van der Waals surface area contributed by atoms with Gasteiger partial charge < -0.3 is 10.6 Å². The van der Waals surface area contributed by atoms with Gasteiger partial charge in [0.25, 0.3) is 0 Å². The largest absolute Gasteiger partial charge is 0.326 e. The number of sulfone groups is 1. The Hall–Kier alpha value is -2.32. The molecule has 2 aromatic carbocycles. The van der Waals surface area contributed by atoms with Crippen molar-refractivity contribution in [2.45, 2.75) is 48.7 Å². The summed E-state index contributed by atoms with van der Waals surface area (Å²) in [5, 5.41) is 5.37. The molecule has 0 aliphatic carbocycles. The Labute approximate surface area is 175 Å². The highest BCUT2D eigenvalue weighted by Gasteiger charge is 2.25. The Balaban J connectivity index is 1.70.